The Morgan fingerprint density at radius 1 is 0.818 bits per heavy atom. The molecule has 1 aromatic rings. The summed E-state index contributed by atoms with van der Waals surface area (Å²) in [7, 11) is 0. The van der Waals surface area contributed by atoms with E-state index in [4.69, 9.17) is 0 Å². The number of nitrogens with zero attached hydrogens (tertiary/aromatic N) is 3. The van der Waals surface area contributed by atoms with Gasteiger partial charge in [0, 0.05) is 0 Å². The van der Waals surface area contributed by atoms with Crippen LogP contribution in [0.4, 0.5) is 0 Å². The van der Waals surface area contributed by atoms with Crippen molar-refractivity contribution in [2.45, 2.75) is 71.6 Å². The molecule has 3 heteroatoms. The largest absolute Gasteiger partial charge is 0.432 e. The molecule has 3 nitrogen and oxygen atoms in total. The summed E-state index contributed by atoms with van der Waals surface area (Å²) in [5.41, 5.74) is 5.64. The van der Waals surface area contributed by atoms with Gasteiger partial charge in [0.05, 0.1) is 11.4 Å². The fourth-order valence-corrected chi connectivity index (χ4v) is 3.69. The molecule has 0 radical (unpaired) electrons. The summed E-state index contributed by atoms with van der Waals surface area (Å²) in [6.07, 6.45) is 13.8. The molecular formula is C19H28N3+. The van der Waals surface area contributed by atoms with Gasteiger partial charge in [-0.05, 0) is 56.7 Å². The number of aromatic nitrogens is 1. The molecule has 1 aromatic heterocycles. The number of rotatable bonds is 0. The van der Waals surface area contributed by atoms with Crippen molar-refractivity contribution in [3.05, 3.63) is 28.6 Å². The summed E-state index contributed by atoms with van der Waals surface area (Å²) in [6.45, 7) is 5.18. The summed E-state index contributed by atoms with van der Waals surface area (Å²) < 4.78 is 2.29. The molecule has 0 N–H and O–H groups in total. The topological polar surface area (TPSA) is 28.6 Å². The summed E-state index contributed by atoms with van der Waals surface area (Å²) in [4.78, 5) is 9.04. The molecule has 2 bridgehead atoms. The van der Waals surface area contributed by atoms with Crippen LogP contribution < -0.4 is 4.57 Å². The fourth-order valence-electron chi connectivity index (χ4n) is 3.69. The highest BCUT2D eigenvalue weighted by Crippen LogP contribution is 2.19. The number of fused-ring (bicyclic) bond motifs is 2. The predicted molar refractivity (Wildman–Crippen MR) is 92.0 cm³/mol. The standard InChI is InChI=1S/C19H28N3/c1-15-17-10-8-6-4-3-5-7-9-11-18(14-17)16(2)22(15)19-20-12-13-21-19/h12,14H,3-11,13H2,1-2H3/q+1. The minimum absolute atomic E-state index is 0.723. The third-order valence-corrected chi connectivity index (χ3v) is 5.06. The Morgan fingerprint density at radius 2 is 1.36 bits per heavy atom. The van der Waals surface area contributed by atoms with Crippen molar-refractivity contribution in [2.24, 2.45) is 9.98 Å². The minimum Gasteiger partial charge on any atom is -0.201 e. The Labute approximate surface area is 134 Å². The van der Waals surface area contributed by atoms with E-state index in [0.717, 1.165) is 12.5 Å². The molecule has 0 unspecified atom stereocenters. The van der Waals surface area contributed by atoms with Crippen LogP contribution in [0.2, 0.25) is 0 Å². The molecule has 2 heterocycles. The third kappa shape index (κ3) is 3.29. The van der Waals surface area contributed by atoms with E-state index in [1.807, 2.05) is 6.21 Å². The Hall–Kier alpha value is -1.51. The van der Waals surface area contributed by atoms with Crippen LogP contribution in [0.5, 0.6) is 0 Å². The van der Waals surface area contributed by atoms with E-state index in [2.05, 4.69) is 34.5 Å². The van der Waals surface area contributed by atoms with Gasteiger partial charge < -0.3 is 0 Å². The third-order valence-electron chi connectivity index (χ3n) is 5.06. The first-order valence-electron chi connectivity index (χ1n) is 8.89. The van der Waals surface area contributed by atoms with Crippen LogP contribution in [0.3, 0.4) is 0 Å². The number of pyridine rings is 1. The molecular weight excluding hydrogens is 270 g/mol. The SMILES string of the molecule is Cc1c2cc(c(C)[n+]1C1=NCC=N1)CCCCCCCCC2. The molecule has 0 spiro atoms. The first kappa shape index (κ1) is 15.4. The fraction of sp³-hybridized carbons (Fsp3) is 0.632. The minimum atomic E-state index is 0.723. The molecule has 0 amide bonds. The van der Waals surface area contributed by atoms with Gasteiger partial charge in [-0.3, -0.25) is 0 Å². The highest BCUT2D eigenvalue weighted by molar-refractivity contribution is 5.87. The predicted octanol–water partition coefficient (Wildman–Crippen LogP) is 3.71. The number of aryl methyl sites for hydroxylation is 2. The van der Waals surface area contributed by atoms with Gasteiger partial charge in [-0.15, -0.1) is 4.99 Å². The maximum absolute atomic E-state index is 4.56. The second-order valence-electron chi connectivity index (χ2n) is 6.63. The zero-order valence-electron chi connectivity index (χ0n) is 14.1. The average Bonchev–Trinajstić information content (AvgIpc) is 3.01. The van der Waals surface area contributed by atoms with Gasteiger partial charge in [0.1, 0.15) is 6.21 Å². The van der Waals surface area contributed by atoms with Crippen molar-refractivity contribution in [2.75, 3.05) is 6.54 Å². The van der Waals surface area contributed by atoms with E-state index in [9.17, 15) is 0 Å². The Balaban J connectivity index is 2.00. The molecule has 0 saturated heterocycles. The van der Waals surface area contributed by atoms with Gasteiger partial charge in [-0.1, -0.05) is 37.1 Å². The van der Waals surface area contributed by atoms with E-state index in [0.29, 0.717) is 0 Å². The highest BCUT2D eigenvalue weighted by atomic mass is 15.2. The molecule has 0 aromatic carbocycles. The monoisotopic (exact) mass is 298 g/mol. The second kappa shape index (κ2) is 7.17. The van der Waals surface area contributed by atoms with Crippen molar-refractivity contribution < 1.29 is 4.57 Å². The van der Waals surface area contributed by atoms with Gasteiger partial charge in [0.25, 0.3) is 0 Å². The van der Waals surface area contributed by atoms with Gasteiger partial charge in [-0.25, -0.2) is 4.57 Å². The highest BCUT2D eigenvalue weighted by Gasteiger charge is 2.23. The van der Waals surface area contributed by atoms with Crippen LogP contribution in [0.25, 0.3) is 0 Å². The first-order chi connectivity index (χ1) is 10.8. The molecule has 1 aliphatic carbocycles. The van der Waals surface area contributed by atoms with Crippen molar-refractivity contribution >= 4 is 12.2 Å². The maximum Gasteiger partial charge on any atom is 0.432 e. The van der Waals surface area contributed by atoms with Crippen molar-refractivity contribution in [3.63, 3.8) is 0 Å². The summed E-state index contributed by atoms with van der Waals surface area (Å²) in [5.74, 6) is 0.880. The van der Waals surface area contributed by atoms with E-state index >= 15 is 0 Å². The van der Waals surface area contributed by atoms with Gasteiger partial charge in [0.2, 0.25) is 0 Å². The number of hydrogen-bond acceptors (Lipinski definition) is 2. The molecule has 118 valence electrons. The van der Waals surface area contributed by atoms with Crippen LogP contribution in [-0.2, 0) is 12.8 Å². The number of hydrogen-bond donors (Lipinski definition) is 0. The van der Waals surface area contributed by atoms with Crippen LogP contribution in [0.15, 0.2) is 16.1 Å². The molecule has 2 aliphatic rings. The number of aliphatic imine (C=N–C) groups is 2. The molecule has 1 aliphatic heterocycles. The van der Waals surface area contributed by atoms with E-state index in [1.54, 1.807) is 0 Å². The Bertz CT molecular complexity index is 565. The lowest BCUT2D eigenvalue weighted by atomic mass is 9.96. The van der Waals surface area contributed by atoms with Gasteiger partial charge >= 0.3 is 5.96 Å². The molecule has 3 rings (SSSR count). The lowest BCUT2D eigenvalue weighted by Gasteiger charge is -2.16. The van der Waals surface area contributed by atoms with E-state index in [1.165, 1.54) is 80.3 Å². The molecule has 0 fully saturated rings. The molecule has 22 heavy (non-hydrogen) atoms. The smallest absolute Gasteiger partial charge is 0.201 e. The molecule has 0 atom stereocenters. The first-order valence-corrected chi connectivity index (χ1v) is 8.89. The van der Waals surface area contributed by atoms with Gasteiger partial charge in [0.15, 0.2) is 6.54 Å². The normalized spacial score (nSPS) is 19.5. The molecule has 0 saturated carbocycles. The summed E-state index contributed by atoms with van der Waals surface area (Å²) in [6, 6.07) is 2.46. The summed E-state index contributed by atoms with van der Waals surface area (Å²) in [5, 5.41) is 0. The second-order valence-corrected chi connectivity index (χ2v) is 6.63. The van der Waals surface area contributed by atoms with Crippen molar-refractivity contribution in [1.29, 1.82) is 0 Å². The van der Waals surface area contributed by atoms with Gasteiger partial charge in [-0.2, -0.15) is 0 Å². The maximum atomic E-state index is 4.56. The Morgan fingerprint density at radius 3 is 1.86 bits per heavy atom. The zero-order chi connectivity index (χ0) is 15.4. The lowest BCUT2D eigenvalue weighted by Crippen LogP contribution is -2.48. The van der Waals surface area contributed by atoms with Crippen LogP contribution in [0.1, 0.15) is 67.5 Å². The van der Waals surface area contributed by atoms with E-state index in [-0.39, 0.29) is 0 Å². The quantitative estimate of drug-likeness (QED) is 0.653. The van der Waals surface area contributed by atoms with Crippen molar-refractivity contribution in [1.82, 2.24) is 0 Å². The zero-order valence-corrected chi connectivity index (χ0v) is 14.1. The summed E-state index contributed by atoms with van der Waals surface area (Å²) >= 11 is 0. The lowest BCUT2D eigenvalue weighted by molar-refractivity contribution is -0.572. The van der Waals surface area contributed by atoms with Crippen molar-refractivity contribution in [3.8, 4) is 0 Å². The Kier molecular flexibility index (Phi) is 5.01. The average molecular weight is 298 g/mol. The van der Waals surface area contributed by atoms with Crippen LogP contribution in [0, 0.1) is 13.8 Å². The van der Waals surface area contributed by atoms with E-state index < -0.39 is 0 Å². The van der Waals surface area contributed by atoms with Crippen LogP contribution in [-0.4, -0.2) is 18.7 Å². The van der Waals surface area contributed by atoms with Crippen LogP contribution >= 0.6 is 0 Å².